The second-order valence-electron chi connectivity index (χ2n) is 5.34. The number of hydrogen-bond donors (Lipinski definition) is 2. The van der Waals surface area contributed by atoms with Crippen LogP contribution in [-0.2, 0) is 16.0 Å². The van der Waals surface area contributed by atoms with Gasteiger partial charge in [0.25, 0.3) is 0 Å². The molecule has 0 saturated heterocycles. The highest BCUT2D eigenvalue weighted by Crippen LogP contribution is 2.16. The third-order valence-electron chi connectivity index (χ3n) is 3.33. The zero-order chi connectivity index (χ0) is 16.4. The summed E-state index contributed by atoms with van der Waals surface area (Å²) < 4.78 is 5.41. The number of nitrogens with two attached hydrogens (primary N) is 1. The maximum Gasteiger partial charge on any atom is 0.239 e. The summed E-state index contributed by atoms with van der Waals surface area (Å²) in [4.78, 5) is 23.1. The van der Waals surface area contributed by atoms with E-state index in [0.717, 1.165) is 19.3 Å². The van der Waals surface area contributed by atoms with Crippen molar-refractivity contribution in [1.82, 2.24) is 15.5 Å². The SMILES string of the molecule is CCCCCCCC(=O)N[C@H](CC(N)=O)c1nnc(CC)o1. The van der Waals surface area contributed by atoms with E-state index in [1.54, 1.807) is 0 Å². The molecule has 0 unspecified atom stereocenters. The number of aryl methyl sites for hydroxylation is 1. The van der Waals surface area contributed by atoms with Crippen LogP contribution in [0.15, 0.2) is 4.42 Å². The maximum atomic E-state index is 12.0. The zero-order valence-electron chi connectivity index (χ0n) is 13.4. The Morgan fingerprint density at radius 3 is 2.50 bits per heavy atom. The van der Waals surface area contributed by atoms with Crippen LogP contribution in [0.2, 0.25) is 0 Å². The van der Waals surface area contributed by atoms with E-state index in [0.29, 0.717) is 18.7 Å². The topological polar surface area (TPSA) is 111 Å². The minimum atomic E-state index is -0.645. The highest BCUT2D eigenvalue weighted by atomic mass is 16.4. The number of rotatable bonds is 11. The summed E-state index contributed by atoms with van der Waals surface area (Å²) in [6.45, 7) is 4.03. The number of unbranched alkanes of at least 4 members (excludes halogenated alkanes) is 4. The molecule has 2 amide bonds. The predicted molar refractivity (Wildman–Crippen MR) is 81.7 cm³/mol. The van der Waals surface area contributed by atoms with Crippen molar-refractivity contribution < 1.29 is 14.0 Å². The van der Waals surface area contributed by atoms with Crippen LogP contribution in [0.25, 0.3) is 0 Å². The molecule has 0 saturated carbocycles. The van der Waals surface area contributed by atoms with Crippen molar-refractivity contribution in [3.63, 3.8) is 0 Å². The van der Waals surface area contributed by atoms with Gasteiger partial charge in [0.15, 0.2) is 0 Å². The summed E-state index contributed by atoms with van der Waals surface area (Å²) in [5.74, 6) is 0.0526. The number of aromatic nitrogens is 2. The Kier molecular flexibility index (Phi) is 8.17. The summed E-state index contributed by atoms with van der Waals surface area (Å²) in [5.41, 5.74) is 5.22. The van der Waals surface area contributed by atoms with Crippen molar-refractivity contribution in [2.75, 3.05) is 0 Å². The highest BCUT2D eigenvalue weighted by Gasteiger charge is 2.22. The summed E-state index contributed by atoms with van der Waals surface area (Å²) in [6.07, 6.45) is 6.33. The van der Waals surface area contributed by atoms with Gasteiger partial charge in [0.05, 0.1) is 6.42 Å². The van der Waals surface area contributed by atoms with E-state index in [9.17, 15) is 9.59 Å². The van der Waals surface area contributed by atoms with Gasteiger partial charge in [0.1, 0.15) is 6.04 Å². The molecule has 1 rings (SSSR count). The predicted octanol–water partition coefficient (Wildman–Crippen LogP) is 2.03. The second kappa shape index (κ2) is 9.92. The molecule has 7 nitrogen and oxygen atoms in total. The molecule has 1 aromatic rings. The van der Waals surface area contributed by atoms with Crippen LogP contribution in [0.1, 0.15) is 76.6 Å². The summed E-state index contributed by atoms with van der Waals surface area (Å²) in [6, 6.07) is -0.645. The van der Waals surface area contributed by atoms with Gasteiger partial charge in [-0.25, -0.2) is 0 Å². The van der Waals surface area contributed by atoms with Crippen molar-refractivity contribution in [3.05, 3.63) is 11.8 Å². The van der Waals surface area contributed by atoms with Gasteiger partial charge >= 0.3 is 0 Å². The molecule has 0 spiro atoms. The van der Waals surface area contributed by atoms with Crippen molar-refractivity contribution in [2.45, 2.75) is 71.3 Å². The van der Waals surface area contributed by atoms with Gasteiger partial charge in [-0.3, -0.25) is 9.59 Å². The van der Waals surface area contributed by atoms with Crippen molar-refractivity contribution in [3.8, 4) is 0 Å². The quantitative estimate of drug-likeness (QED) is 0.607. The number of carbonyl (C=O) groups excluding carboxylic acids is 2. The fourth-order valence-corrected chi connectivity index (χ4v) is 2.11. The van der Waals surface area contributed by atoms with Crippen LogP contribution in [0.3, 0.4) is 0 Å². The van der Waals surface area contributed by atoms with Crippen LogP contribution in [0.5, 0.6) is 0 Å². The van der Waals surface area contributed by atoms with Crippen LogP contribution < -0.4 is 11.1 Å². The third-order valence-corrected chi connectivity index (χ3v) is 3.33. The molecule has 0 radical (unpaired) electrons. The first-order valence-corrected chi connectivity index (χ1v) is 7.96. The molecule has 3 N–H and O–H groups in total. The Bertz CT molecular complexity index is 473. The first-order valence-electron chi connectivity index (χ1n) is 7.96. The molecule has 0 fully saturated rings. The van der Waals surface area contributed by atoms with Crippen molar-refractivity contribution >= 4 is 11.8 Å². The monoisotopic (exact) mass is 310 g/mol. The van der Waals surface area contributed by atoms with Gasteiger partial charge in [-0.1, -0.05) is 39.5 Å². The largest absolute Gasteiger partial charge is 0.423 e. The molecular formula is C15H26N4O3. The Labute approximate surface area is 131 Å². The van der Waals surface area contributed by atoms with Gasteiger partial charge < -0.3 is 15.5 Å². The minimum absolute atomic E-state index is 0.0487. The maximum absolute atomic E-state index is 12.0. The van der Waals surface area contributed by atoms with Crippen LogP contribution in [0.4, 0.5) is 0 Å². The standard InChI is InChI=1S/C15H26N4O3/c1-3-5-6-7-8-9-13(21)17-11(10-12(16)20)15-19-18-14(4-2)22-15/h11H,3-10H2,1-2H3,(H2,16,20)(H,17,21)/t11-/m1/s1. The van der Waals surface area contributed by atoms with Crippen LogP contribution in [0, 0.1) is 0 Å². The Balaban J connectivity index is 2.50. The second-order valence-corrected chi connectivity index (χ2v) is 5.34. The van der Waals surface area contributed by atoms with Crippen molar-refractivity contribution in [1.29, 1.82) is 0 Å². The van der Waals surface area contributed by atoms with Gasteiger partial charge in [-0.05, 0) is 6.42 Å². The molecule has 1 heterocycles. The molecule has 0 aliphatic rings. The molecule has 7 heteroatoms. The number of hydrogen-bond acceptors (Lipinski definition) is 5. The Hall–Kier alpha value is -1.92. The lowest BCUT2D eigenvalue weighted by molar-refractivity contribution is -0.123. The molecule has 0 aliphatic carbocycles. The molecule has 0 aromatic carbocycles. The summed E-state index contributed by atoms with van der Waals surface area (Å²) >= 11 is 0. The molecule has 1 atom stereocenters. The number of nitrogens with zero attached hydrogens (tertiary/aromatic N) is 2. The van der Waals surface area contributed by atoms with E-state index in [4.69, 9.17) is 10.2 Å². The average Bonchev–Trinajstić information content (AvgIpc) is 2.95. The first kappa shape index (κ1) is 18.1. The summed E-state index contributed by atoms with van der Waals surface area (Å²) in [7, 11) is 0. The van der Waals surface area contributed by atoms with E-state index >= 15 is 0 Å². The van der Waals surface area contributed by atoms with Crippen LogP contribution in [-0.4, -0.2) is 22.0 Å². The minimum Gasteiger partial charge on any atom is -0.423 e. The van der Waals surface area contributed by atoms with Crippen LogP contribution >= 0.6 is 0 Å². The van der Waals surface area contributed by atoms with Gasteiger partial charge in [-0.2, -0.15) is 0 Å². The fourth-order valence-electron chi connectivity index (χ4n) is 2.11. The molecule has 22 heavy (non-hydrogen) atoms. The highest BCUT2D eigenvalue weighted by molar-refractivity contribution is 5.78. The molecule has 0 aliphatic heterocycles. The molecule has 124 valence electrons. The zero-order valence-corrected chi connectivity index (χ0v) is 13.4. The first-order chi connectivity index (χ1) is 10.6. The van der Waals surface area contributed by atoms with E-state index in [2.05, 4.69) is 22.4 Å². The van der Waals surface area contributed by atoms with Gasteiger partial charge in [0.2, 0.25) is 23.6 Å². The van der Waals surface area contributed by atoms with E-state index in [-0.39, 0.29) is 18.2 Å². The van der Waals surface area contributed by atoms with E-state index < -0.39 is 11.9 Å². The van der Waals surface area contributed by atoms with E-state index in [1.807, 2.05) is 6.92 Å². The lowest BCUT2D eigenvalue weighted by Crippen LogP contribution is -2.31. The number of primary amides is 1. The average molecular weight is 310 g/mol. The Morgan fingerprint density at radius 2 is 1.91 bits per heavy atom. The van der Waals surface area contributed by atoms with Gasteiger partial charge in [-0.15, -0.1) is 10.2 Å². The molecule has 0 bridgehead atoms. The fraction of sp³-hybridized carbons (Fsp3) is 0.733. The lowest BCUT2D eigenvalue weighted by atomic mass is 10.1. The molecule has 1 aromatic heterocycles. The molecular weight excluding hydrogens is 284 g/mol. The normalized spacial score (nSPS) is 12.1. The van der Waals surface area contributed by atoms with Crippen molar-refractivity contribution in [2.24, 2.45) is 5.73 Å². The lowest BCUT2D eigenvalue weighted by Gasteiger charge is -2.13. The van der Waals surface area contributed by atoms with E-state index in [1.165, 1.54) is 12.8 Å². The smallest absolute Gasteiger partial charge is 0.239 e. The number of nitrogens with one attached hydrogen (secondary N) is 1. The number of amides is 2. The van der Waals surface area contributed by atoms with Gasteiger partial charge in [0, 0.05) is 12.8 Å². The Morgan fingerprint density at radius 1 is 1.18 bits per heavy atom. The summed E-state index contributed by atoms with van der Waals surface area (Å²) in [5, 5.41) is 10.5. The number of carbonyl (C=O) groups is 2. The third kappa shape index (κ3) is 6.69.